The first-order valence-corrected chi connectivity index (χ1v) is 8.55. The van der Waals surface area contributed by atoms with Crippen LogP contribution in [0.5, 0.6) is 0 Å². The van der Waals surface area contributed by atoms with Gasteiger partial charge >= 0.3 is 0 Å². The number of benzene rings is 2. The molecule has 0 radical (unpaired) electrons. The highest BCUT2D eigenvalue weighted by atomic mass is 35.5. The molecule has 1 aliphatic rings. The van der Waals surface area contributed by atoms with E-state index in [1.807, 2.05) is 25.2 Å². The maximum Gasteiger partial charge on any atom is 0.255 e. The largest absolute Gasteiger partial charge is 0.361 e. The lowest BCUT2D eigenvalue weighted by molar-refractivity contribution is 0.0782. The van der Waals surface area contributed by atoms with Crippen LogP contribution in [0.3, 0.4) is 0 Å². The van der Waals surface area contributed by atoms with Crippen molar-refractivity contribution in [2.75, 3.05) is 13.6 Å². The normalized spacial score (nSPS) is 15.4. The number of aromatic nitrogens is 1. The Morgan fingerprint density at radius 3 is 2.62 bits per heavy atom. The highest BCUT2D eigenvalue weighted by Crippen LogP contribution is 2.50. The minimum Gasteiger partial charge on any atom is -0.361 e. The lowest BCUT2D eigenvalue weighted by Gasteiger charge is -2.24. The molecule has 2 aromatic carbocycles. The Bertz CT molecular complexity index is 911. The second kappa shape index (κ2) is 5.67. The number of fused-ring (bicyclic) bond motifs is 1. The molecule has 1 saturated carbocycles. The van der Waals surface area contributed by atoms with Crippen molar-refractivity contribution in [3.63, 3.8) is 0 Å². The Hall–Kier alpha value is -2.26. The van der Waals surface area contributed by atoms with Gasteiger partial charge in [0.15, 0.2) is 0 Å². The summed E-state index contributed by atoms with van der Waals surface area (Å²) >= 11 is 6.18. The van der Waals surface area contributed by atoms with Crippen molar-refractivity contribution in [3.05, 3.63) is 70.9 Å². The molecule has 1 aromatic heterocycles. The molecule has 0 atom stereocenters. The van der Waals surface area contributed by atoms with Crippen LogP contribution in [-0.2, 0) is 5.41 Å². The number of nitrogens with one attached hydrogen (secondary N) is 1. The summed E-state index contributed by atoms with van der Waals surface area (Å²) in [6.07, 6.45) is 4.31. The quantitative estimate of drug-likeness (QED) is 0.740. The van der Waals surface area contributed by atoms with Crippen LogP contribution in [0.25, 0.3) is 10.9 Å². The minimum atomic E-state index is -0.0216. The van der Waals surface area contributed by atoms with Gasteiger partial charge in [-0.15, -0.1) is 0 Å². The van der Waals surface area contributed by atoms with Gasteiger partial charge in [0.1, 0.15) is 0 Å². The fourth-order valence-corrected chi connectivity index (χ4v) is 3.76. The number of carbonyl (C=O) groups excluding carboxylic acids is 1. The first-order valence-electron chi connectivity index (χ1n) is 8.17. The third kappa shape index (κ3) is 2.49. The molecule has 1 N–H and O–H groups in total. The predicted molar refractivity (Wildman–Crippen MR) is 97.6 cm³/mol. The standard InChI is InChI=1S/C20H19ClN2O/c1-23(19(24)15-7-2-4-8-17(15)21)13-20(10-11-20)16-12-22-18-9-5-3-6-14(16)18/h2-9,12,22H,10-11,13H2,1H3. The zero-order valence-electron chi connectivity index (χ0n) is 13.6. The Kier molecular flexibility index (Phi) is 3.61. The first kappa shape index (κ1) is 15.3. The SMILES string of the molecule is CN(CC1(c2c[nH]c3ccccc23)CC1)C(=O)c1ccccc1Cl. The number of aromatic amines is 1. The van der Waals surface area contributed by atoms with E-state index in [-0.39, 0.29) is 11.3 Å². The van der Waals surface area contributed by atoms with Crippen LogP contribution < -0.4 is 0 Å². The molecular formula is C20H19ClN2O. The lowest BCUT2D eigenvalue weighted by atomic mass is 9.94. The number of para-hydroxylation sites is 1. The van der Waals surface area contributed by atoms with Gasteiger partial charge in [0.2, 0.25) is 0 Å². The molecule has 1 fully saturated rings. The van der Waals surface area contributed by atoms with Crippen molar-refractivity contribution in [2.45, 2.75) is 18.3 Å². The van der Waals surface area contributed by atoms with Crippen LogP contribution in [0, 0.1) is 0 Å². The number of nitrogens with zero attached hydrogens (tertiary/aromatic N) is 1. The van der Waals surface area contributed by atoms with E-state index in [1.54, 1.807) is 17.0 Å². The van der Waals surface area contributed by atoms with Crippen LogP contribution in [0.4, 0.5) is 0 Å². The Labute approximate surface area is 146 Å². The first-order chi connectivity index (χ1) is 11.6. The van der Waals surface area contributed by atoms with Crippen LogP contribution in [0.1, 0.15) is 28.8 Å². The van der Waals surface area contributed by atoms with Crippen LogP contribution in [-0.4, -0.2) is 29.4 Å². The number of H-pyrrole nitrogens is 1. The summed E-state index contributed by atoms with van der Waals surface area (Å²) in [6, 6.07) is 15.6. The number of halogens is 1. The van der Waals surface area contributed by atoms with Crippen molar-refractivity contribution in [1.29, 1.82) is 0 Å². The fourth-order valence-electron chi connectivity index (χ4n) is 3.54. The number of carbonyl (C=O) groups is 1. The molecule has 3 nitrogen and oxygen atoms in total. The van der Waals surface area contributed by atoms with E-state index in [1.165, 1.54) is 10.9 Å². The number of amides is 1. The van der Waals surface area contributed by atoms with Gasteiger partial charge < -0.3 is 9.88 Å². The van der Waals surface area contributed by atoms with E-state index in [0.717, 1.165) is 18.4 Å². The van der Waals surface area contributed by atoms with Gasteiger partial charge in [-0.1, -0.05) is 41.9 Å². The summed E-state index contributed by atoms with van der Waals surface area (Å²) in [5.41, 5.74) is 3.10. The maximum atomic E-state index is 12.7. The second-order valence-corrected chi connectivity index (χ2v) is 7.08. The molecule has 0 unspecified atom stereocenters. The van der Waals surface area contributed by atoms with Gasteiger partial charge in [0.25, 0.3) is 5.91 Å². The van der Waals surface area contributed by atoms with Gasteiger partial charge in [-0.2, -0.15) is 0 Å². The van der Waals surface area contributed by atoms with Crippen LogP contribution in [0.15, 0.2) is 54.7 Å². The number of hydrogen-bond acceptors (Lipinski definition) is 1. The molecule has 0 bridgehead atoms. The summed E-state index contributed by atoms with van der Waals surface area (Å²) in [5, 5.41) is 1.76. The third-order valence-corrected chi connectivity index (χ3v) is 5.33. The molecular weight excluding hydrogens is 320 g/mol. The summed E-state index contributed by atoms with van der Waals surface area (Å²) < 4.78 is 0. The van der Waals surface area contributed by atoms with Crippen molar-refractivity contribution in [1.82, 2.24) is 9.88 Å². The summed E-state index contributed by atoms with van der Waals surface area (Å²) in [7, 11) is 1.86. The van der Waals surface area contributed by atoms with E-state index in [2.05, 4.69) is 29.4 Å². The van der Waals surface area contributed by atoms with Crippen molar-refractivity contribution in [3.8, 4) is 0 Å². The van der Waals surface area contributed by atoms with Gasteiger partial charge in [-0.05, 0) is 36.6 Å². The van der Waals surface area contributed by atoms with Crippen LogP contribution >= 0.6 is 11.6 Å². The molecule has 1 aliphatic carbocycles. The average Bonchev–Trinajstić information content (AvgIpc) is 3.23. The summed E-state index contributed by atoms with van der Waals surface area (Å²) in [4.78, 5) is 17.9. The predicted octanol–water partition coefficient (Wildman–Crippen LogP) is 4.63. The zero-order chi connectivity index (χ0) is 16.7. The van der Waals surface area contributed by atoms with Crippen molar-refractivity contribution >= 4 is 28.4 Å². The molecule has 24 heavy (non-hydrogen) atoms. The molecule has 122 valence electrons. The lowest BCUT2D eigenvalue weighted by Crippen LogP contribution is -2.34. The second-order valence-electron chi connectivity index (χ2n) is 6.67. The van der Waals surface area contributed by atoms with E-state index >= 15 is 0 Å². The van der Waals surface area contributed by atoms with E-state index < -0.39 is 0 Å². The summed E-state index contributed by atoms with van der Waals surface area (Å²) in [6.45, 7) is 0.707. The van der Waals surface area contributed by atoms with Crippen molar-refractivity contribution < 1.29 is 4.79 Å². The molecule has 0 saturated heterocycles. The molecule has 3 aromatic rings. The fraction of sp³-hybridized carbons (Fsp3) is 0.250. The molecule has 0 aliphatic heterocycles. The molecule has 0 spiro atoms. The van der Waals surface area contributed by atoms with E-state index in [4.69, 9.17) is 11.6 Å². The zero-order valence-corrected chi connectivity index (χ0v) is 14.3. The summed E-state index contributed by atoms with van der Waals surface area (Å²) in [5.74, 6) is -0.0216. The Morgan fingerprint density at radius 2 is 1.88 bits per heavy atom. The van der Waals surface area contributed by atoms with Gasteiger partial charge in [0.05, 0.1) is 10.6 Å². The maximum absolute atomic E-state index is 12.7. The van der Waals surface area contributed by atoms with E-state index in [0.29, 0.717) is 17.1 Å². The van der Waals surface area contributed by atoms with Crippen molar-refractivity contribution in [2.24, 2.45) is 0 Å². The molecule has 1 amide bonds. The van der Waals surface area contributed by atoms with E-state index in [9.17, 15) is 4.79 Å². The Balaban J connectivity index is 1.60. The number of rotatable bonds is 4. The third-order valence-electron chi connectivity index (χ3n) is 5.00. The molecule has 1 heterocycles. The van der Waals surface area contributed by atoms with Gasteiger partial charge in [0, 0.05) is 36.1 Å². The topological polar surface area (TPSA) is 36.1 Å². The molecule has 4 rings (SSSR count). The van der Waals surface area contributed by atoms with Crippen LogP contribution in [0.2, 0.25) is 5.02 Å². The minimum absolute atomic E-state index is 0.0216. The highest BCUT2D eigenvalue weighted by Gasteiger charge is 2.47. The number of hydrogen-bond donors (Lipinski definition) is 1. The molecule has 4 heteroatoms. The highest BCUT2D eigenvalue weighted by molar-refractivity contribution is 6.33. The van der Waals surface area contributed by atoms with Gasteiger partial charge in [-0.3, -0.25) is 4.79 Å². The van der Waals surface area contributed by atoms with Gasteiger partial charge in [-0.25, -0.2) is 0 Å². The monoisotopic (exact) mass is 338 g/mol. The Morgan fingerprint density at radius 1 is 1.17 bits per heavy atom. The number of likely N-dealkylation sites (N-methyl/N-ethyl adjacent to an activating group) is 1. The average molecular weight is 339 g/mol. The smallest absolute Gasteiger partial charge is 0.255 e.